The zero-order chi connectivity index (χ0) is 24.0. The average Bonchev–Trinajstić information content (AvgIpc) is 2.77. The molecule has 0 bridgehead atoms. The highest BCUT2D eigenvalue weighted by atomic mass is 19.3. The number of Topliss-reactive ketones (excluding diaryl/α,β-unsaturated/α-hetero) is 1. The molecule has 0 saturated carbocycles. The van der Waals surface area contributed by atoms with E-state index in [2.05, 4.69) is 15.0 Å². The summed E-state index contributed by atoms with van der Waals surface area (Å²) >= 11 is 0. The van der Waals surface area contributed by atoms with Crippen molar-refractivity contribution in [1.29, 1.82) is 0 Å². The molecule has 0 aliphatic carbocycles. The first kappa shape index (κ1) is 24.1. The van der Waals surface area contributed by atoms with Crippen LogP contribution in [-0.4, -0.2) is 41.1 Å². The van der Waals surface area contributed by atoms with Crippen molar-refractivity contribution in [1.82, 2.24) is 15.0 Å². The maximum atomic E-state index is 13.5. The third-order valence-corrected chi connectivity index (χ3v) is 4.67. The normalized spacial score (nSPS) is 11.1. The van der Waals surface area contributed by atoms with Crippen molar-refractivity contribution < 1.29 is 27.4 Å². The number of aromatic nitrogens is 3. The number of carbonyl (C=O) groups is 1. The van der Waals surface area contributed by atoms with Gasteiger partial charge in [-0.15, -0.1) is 0 Å². The van der Waals surface area contributed by atoms with Gasteiger partial charge in [-0.05, 0) is 55.3 Å². The third-order valence-electron chi connectivity index (χ3n) is 4.67. The molecule has 3 aromatic rings. The van der Waals surface area contributed by atoms with Crippen molar-refractivity contribution in [2.24, 2.45) is 0 Å². The van der Waals surface area contributed by atoms with E-state index in [1.807, 2.05) is 0 Å². The molecule has 0 atom stereocenters. The molecule has 2 heterocycles. The first-order valence-electron chi connectivity index (χ1n) is 10.1. The Morgan fingerprint density at radius 2 is 1.82 bits per heavy atom. The fourth-order valence-electron chi connectivity index (χ4n) is 3.22. The molecule has 1 aromatic carbocycles. The summed E-state index contributed by atoms with van der Waals surface area (Å²) in [6, 6.07) is 8.19. The molecule has 3 rings (SSSR count). The van der Waals surface area contributed by atoms with E-state index in [-0.39, 0.29) is 41.9 Å². The summed E-state index contributed by atoms with van der Waals surface area (Å²) in [5, 5.41) is 0. The van der Waals surface area contributed by atoms with Gasteiger partial charge < -0.3 is 15.2 Å². The summed E-state index contributed by atoms with van der Waals surface area (Å²) in [6.45, 7) is 1.70. The highest BCUT2D eigenvalue weighted by Gasteiger charge is 2.22. The number of methoxy groups -OCH3 is 1. The van der Waals surface area contributed by atoms with Gasteiger partial charge in [0.1, 0.15) is 18.1 Å². The lowest BCUT2D eigenvalue weighted by Crippen LogP contribution is -2.14. The molecule has 2 N–H and O–H groups in total. The quantitative estimate of drug-likeness (QED) is 0.443. The number of benzene rings is 1. The Bertz CT molecular complexity index is 1120. The molecule has 0 fully saturated rings. The van der Waals surface area contributed by atoms with Gasteiger partial charge in [-0.2, -0.15) is 4.98 Å². The van der Waals surface area contributed by atoms with Crippen molar-refractivity contribution >= 4 is 11.7 Å². The number of ether oxygens (including phenoxy) is 2. The molecule has 0 aliphatic heterocycles. The highest BCUT2D eigenvalue weighted by molar-refractivity contribution is 5.86. The molecule has 33 heavy (non-hydrogen) atoms. The van der Waals surface area contributed by atoms with Crippen molar-refractivity contribution in [3.05, 3.63) is 53.6 Å². The van der Waals surface area contributed by atoms with E-state index >= 15 is 0 Å². The molecule has 7 nitrogen and oxygen atoms in total. The second-order valence-electron chi connectivity index (χ2n) is 7.26. The van der Waals surface area contributed by atoms with Gasteiger partial charge in [0, 0.05) is 31.4 Å². The van der Waals surface area contributed by atoms with Crippen molar-refractivity contribution in [3.63, 3.8) is 0 Å². The molecule has 0 aliphatic rings. The van der Waals surface area contributed by atoms with E-state index in [0.717, 1.165) is 0 Å². The van der Waals surface area contributed by atoms with E-state index in [0.29, 0.717) is 29.8 Å². The summed E-state index contributed by atoms with van der Waals surface area (Å²) in [7, 11) is 1.54. The SMILES string of the molecule is COCCCC(=O)COc1nc(N)nc(-c2ccc(F)cc2)c1-c1cc(C)nc(C(F)F)c1. The Morgan fingerprint density at radius 1 is 1.09 bits per heavy atom. The zero-order valence-electron chi connectivity index (χ0n) is 18.1. The summed E-state index contributed by atoms with van der Waals surface area (Å²) in [5.74, 6) is -0.856. The number of nitrogens with two attached hydrogens (primary N) is 1. The van der Waals surface area contributed by atoms with Crippen LogP contribution >= 0.6 is 0 Å². The van der Waals surface area contributed by atoms with E-state index in [4.69, 9.17) is 15.2 Å². The van der Waals surface area contributed by atoms with Gasteiger partial charge >= 0.3 is 0 Å². The molecular formula is C23H23F3N4O3. The van der Waals surface area contributed by atoms with E-state index in [9.17, 15) is 18.0 Å². The van der Waals surface area contributed by atoms with Gasteiger partial charge in [-0.3, -0.25) is 9.78 Å². The van der Waals surface area contributed by atoms with E-state index in [1.165, 1.54) is 37.4 Å². The number of pyridine rings is 1. The van der Waals surface area contributed by atoms with Crippen LogP contribution in [0.2, 0.25) is 0 Å². The summed E-state index contributed by atoms with van der Waals surface area (Å²) in [4.78, 5) is 24.4. The van der Waals surface area contributed by atoms with Gasteiger partial charge in [-0.25, -0.2) is 18.2 Å². The lowest BCUT2D eigenvalue weighted by molar-refractivity contribution is -0.121. The Labute approximate surface area is 188 Å². The lowest BCUT2D eigenvalue weighted by Gasteiger charge is -2.16. The number of alkyl halides is 2. The molecule has 0 amide bonds. The van der Waals surface area contributed by atoms with E-state index < -0.39 is 17.9 Å². The third kappa shape index (κ3) is 6.26. The fourth-order valence-corrected chi connectivity index (χ4v) is 3.22. The highest BCUT2D eigenvalue weighted by Crippen LogP contribution is 2.39. The second-order valence-corrected chi connectivity index (χ2v) is 7.26. The molecule has 174 valence electrons. The minimum absolute atomic E-state index is 0.0484. The topological polar surface area (TPSA) is 100 Å². The van der Waals surface area contributed by atoms with Crippen LogP contribution in [0.15, 0.2) is 36.4 Å². The van der Waals surface area contributed by atoms with Crippen molar-refractivity contribution in [3.8, 4) is 28.3 Å². The number of hydrogen-bond donors (Lipinski definition) is 1. The Balaban J connectivity index is 2.11. The molecule has 0 spiro atoms. The van der Waals surface area contributed by atoms with Crippen LogP contribution in [0.3, 0.4) is 0 Å². The predicted molar refractivity (Wildman–Crippen MR) is 116 cm³/mol. The van der Waals surface area contributed by atoms with Crippen LogP contribution in [0.4, 0.5) is 19.1 Å². The summed E-state index contributed by atoms with van der Waals surface area (Å²) < 4.78 is 51.0. The Kier molecular flexibility index (Phi) is 7.94. The molecule has 0 unspecified atom stereocenters. The second kappa shape index (κ2) is 10.9. The number of rotatable bonds is 10. The fraction of sp³-hybridized carbons (Fsp3) is 0.304. The Hall–Kier alpha value is -3.53. The lowest BCUT2D eigenvalue weighted by atomic mass is 9.99. The average molecular weight is 460 g/mol. The zero-order valence-corrected chi connectivity index (χ0v) is 18.1. The standard InChI is InChI=1S/C23H23F3N4O3/c1-13-10-15(11-18(28-13)21(25)26)19-20(14-5-7-16(24)8-6-14)29-23(27)30-22(19)33-12-17(31)4-3-9-32-2/h5-8,10-11,21H,3-4,9,12H2,1-2H3,(H2,27,29,30). The van der Waals surface area contributed by atoms with Crippen LogP contribution < -0.4 is 10.5 Å². The van der Waals surface area contributed by atoms with E-state index in [1.54, 1.807) is 13.0 Å². The first-order valence-corrected chi connectivity index (χ1v) is 10.1. The molecule has 2 aromatic heterocycles. The minimum atomic E-state index is -2.81. The molecule has 0 saturated heterocycles. The first-order chi connectivity index (χ1) is 15.8. The predicted octanol–water partition coefficient (Wildman–Crippen LogP) is 4.55. The number of nitrogen functional groups attached to an aromatic ring is 1. The molecule has 10 heteroatoms. The molecular weight excluding hydrogens is 437 g/mol. The van der Waals surface area contributed by atoms with Crippen molar-refractivity contribution in [2.75, 3.05) is 26.1 Å². The maximum absolute atomic E-state index is 13.5. The van der Waals surface area contributed by atoms with Gasteiger partial charge in [0.25, 0.3) is 6.43 Å². The van der Waals surface area contributed by atoms with Gasteiger partial charge in [-0.1, -0.05) is 0 Å². The monoisotopic (exact) mass is 460 g/mol. The summed E-state index contributed by atoms with van der Waals surface area (Å²) in [6.07, 6.45) is -2.04. The number of anilines is 1. The number of halogens is 3. The maximum Gasteiger partial charge on any atom is 0.280 e. The van der Waals surface area contributed by atoms with Crippen LogP contribution in [0.5, 0.6) is 5.88 Å². The van der Waals surface area contributed by atoms with Crippen LogP contribution in [0.1, 0.15) is 30.7 Å². The number of nitrogens with zero attached hydrogens (tertiary/aromatic N) is 3. The number of ketones is 1. The summed E-state index contributed by atoms with van der Waals surface area (Å²) in [5.41, 5.74) is 7.04. The number of hydrogen-bond acceptors (Lipinski definition) is 7. The van der Waals surface area contributed by atoms with Crippen molar-refractivity contribution in [2.45, 2.75) is 26.2 Å². The molecule has 0 radical (unpaired) electrons. The van der Waals surface area contributed by atoms with Crippen LogP contribution in [0, 0.1) is 12.7 Å². The van der Waals surface area contributed by atoms with Crippen LogP contribution in [0.25, 0.3) is 22.4 Å². The Morgan fingerprint density at radius 3 is 2.48 bits per heavy atom. The van der Waals surface area contributed by atoms with Gasteiger partial charge in [0.05, 0.1) is 11.3 Å². The van der Waals surface area contributed by atoms with Gasteiger partial charge in [0.2, 0.25) is 11.8 Å². The van der Waals surface area contributed by atoms with Crippen LogP contribution in [-0.2, 0) is 9.53 Å². The largest absolute Gasteiger partial charge is 0.469 e. The van der Waals surface area contributed by atoms with Gasteiger partial charge in [0.15, 0.2) is 5.78 Å². The smallest absolute Gasteiger partial charge is 0.280 e. The number of carbonyl (C=O) groups excluding carboxylic acids is 1. The minimum Gasteiger partial charge on any atom is -0.469 e. The number of aryl methyl sites for hydroxylation is 1.